The van der Waals surface area contributed by atoms with Crippen molar-refractivity contribution in [2.45, 2.75) is 96.5 Å². The topological polar surface area (TPSA) is 86.7 Å². The van der Waals surface area contributed by atoms with Gasteiger partial charge >= 0.3 is 5.97 Å². The van der Waals surface area contributed by atoms with Crippen molar-refractivity contribution < 1.29 is 22.8 Å². The number of aliphatic carboxylic acids is 1. The van der Waals surface area contributed by atoms with E-state index in [4.69, 9.17) is 9.29 Å². The van der Waals surface area contributed by atoms with E-state index >= 15 is 0 Å². The number of allylic oxidation sites excluding steroid dienone is 1. The van der Waals surface area contributed by atoms with Crippen LogP contribution in [0.4, 0.5) is 0 Å². The molecule has 0 aromatic rings. The summed E-state index contributed by atoms with van der Waals surface area (Å²) in [5.74, 6) is -0.719. The lowest BCUT2D eigenvalue weighted by molar-refractivity contribution is -0.137. The summed E-state index contributed by atoms with van der Waals surface area (Å²) >= 11 is -2.45. The highest BCUT2D eigenvalue weighted by molar-refractivity contribution is 7.74. The minimum Gasteiger partial charge on any atom is -0.750 e. The van der Waals surface area contributed by atoms with Gasteiger partial charge in [0.05, 0.1) is 17.5 Å². The molecule has 0 aromatic heterocycles. The Labute approximate surface area is 149 Å². The van der Waals surface area contributed by atoms with E-state index in [9.17, 15) is 13.6 Å². The van der Waals surface area contributed by atoms with Crippen molar-refractivity contribution in [3.63, 3.8) is 0 Å². The molecule has 2 unspecified atom stereocenters. The summed E-state index contributed by atoms with van der Waals surface area (Å²) in [6.07, 6.45) is 16.0. The van der Waals surface area contributed by atoms with Crippen LogP contribution in [0, 0.1) is 0 Å². The first-order chi connectivity index (χ1) is 11.6. The molecule has 0 radical (unpaired) electrons. The zero-order valence-electron chi connectivity index (χ0n) is 14.9. The molecule has 0 bridgehead atoms. The van der Waals surface area contributed by atoms with Crippen LogP contribution in [0.25, 0.3) is 0 Å². The molecule has 0 rings (SSSR count). The largest absolute Gasteiger partial charge is 0.750 e. The molecule has 142 valence electrons. The minimum absolute atomic E-state index is 0.243. The molecule has 0 heterocycles. The maximum atomic E-state index is 10.7. The number of carbonyl (C=O) groups is 1. The van der Waals surface area contributed by atoms with Gasteiger partial charge in [0.1, 0.15) is 0 Å². The molecule has 0 fully saturated rings. The number of carboxylic acid groups (broad SMARTS) is 1. The summed E-state index contributed by atoms with van der Waals surface area (Å²) in [6, 6.07) is 0. The van der Waals surface area contributed by atoms with Crippen molar-refractivity contribution in [2.24, 2.45) is 0 Å². The van der Waals surface area contributed by atoms with Gasteiger partial charge in [-0.05, 0) is 32.1 Å². The molecule has 0 spiro atoms. The van der Waals surface area contributed by atoms with Crippen molar-refractivity contribution in [3.05, 3.63) is 12.2 Å². The molecule has 0 saturated carbocycles. The summed E-state index contributed by atoms with van der Waals surface area (Å²) in [5.41, 5.74) is 0. The van der Waals surface area contributed by atoms with E-state index in [1.165, 1.54) is 6.42 Å². The Morgan fingerprint density at radius 3 is 2.42 bits per heavy atom. The standard InChI is InChI=1S/C18H34O5S/c1-2-3-4-11-14-17(23-24(21)22)15-12-9-7-5-6-8-10-13-16-18(19)20/h9,12,17H,2-8,10-11,13-16H2,1H3,(H,19,20)(H,21,22)/p-1. The van der Waals surface area contributed by atoms with Crippen LogP contribution in [0.5, 0.6) is 0 Å². The molecule has 0 aliphatic rings. The van der Waals surface area contributed by atoms with Gasteiger partial charge in [-0.1, -0.05) is 64.0 Å². The Kier molecular flexibility index (Phi) is 16.6. The second-order valence-electron chi connectivity index (χ2n) is 6.18. The Morgan fingerprint density at radius 2 is 1.75 bits per heavy atom. The quantitative estimate of drug-likeness (QED) is 0.226. The maximum absolute atomic E-state index is 10.7. The molecular weight excluding hydrogens is 328 g/mol. The summed E-state index contributed by atoms with van der Waals surface area (Å²) in [4.78, 5) is 10.4. The molecule has 6 heteroatoms. The third-order valence-corrected chi connectivity index (χ3v) is 4.35. The lowest BCUT2D eigenvalue weighted by atomic mass is 10.1. The second-order valence-corrected chi connectivity index (χ2v) is 6.78. The monoisotopic (exact) mass is 361 g/mol. The Bertz CT molecular complexity index is 357. The van der Waals surface area contributed by atoms with E-state index in [2.05, 4.69) is 13.0 Å². The molecule has 0 aromatic carbocycles. The van der Waals surface area contributed by atoms with Crippen molar-refractivity contribution >= 4 is 17.3 Å². The molecule has 1 N–H and O–H groups in total. The average molecular weight is 362 g/mol. The first-order valence-electron chi connectivity index (χ1n) is 9.19. The van der Waals surface area contributed by atoms with E-state index in [-0.39, 0.29) is 12.5 Å². The van der Waals surface area contributed by atoms with Crippen molar-refractivity contribution in [2.75, 3.05) is 0 Å². The number of rotatable bonds is 17. The molecular formula is C18H33O5S-. The fourth-order valence-electron chi connectivity index (χ4n) is 2.55. The van der Waals surface area contributed by atoms with E-state index < -0.39 is 17.3 Å². The normalized spacial score (nSPS) is 14.1. The van der Waals surface area contributed by atoms with Gasteiger partial charge in [0, 0.05) is 6.42 Å². The predicted molar refractivity (Wildman–Crippen MR) is 96.3 cm³/mol. The zero-order chi connectivity index (χ0) is 18.0. The Balaban J connectivity index is 3.69. The van der Waals surface area contributed by atoms with E-state index in [1.807, 2.05) is 6.08 Å². The fraction of sp³-hybridized carbons (Fsp3) is 0.833. The van der Waals surface area contributed by atoms with Crippen molar-refractivity contribution in [1.29, 1.82) is 0 Å². The van der Waals surface area contributed by atoms with Gasteiger partial charge in [0.15, 0.2) is 0 Å². The molecule has 0 saturated heterocycles. The number of unbranched alkanes of at least 4 members (excludes halogenated alkanes) is 8. The fourth-order valence-corrected chi connectivity index (χ4v) is 2.95. The average Bonchev–Trinajstić information content (AvgIpc) is 2.52. The maximum Gasteiger partial charge on any atom is 0.303 e. The molecule has 24 heavy (non-hydrogen) atoms. The van der Waals surface area contributed by atoms with Crippen LogP contribution in [-0.2, 0) is 20.3 Å². The van der Waals surface area contributed by atoms with Crippen LogP contribution in [0.3, 0.4) is 0 Å². The molecule has 0 aliphatic heterocycles. The van der Waals surface area contributed by atoms with Crippen molar-refractivity contribution in [1.82, 2.24) is 0 Å². The highest BCUT2D eigenvalue weighted by atomic mass is 32.2. The van der Waals surface area contributed by atoms with Crippen molar-refractivity contribution in [3.8, 4) is 0 Å². The zero-order valence-corrected chi connectivity index (χ0v) is 15.7. The number of carboxylic acids is 1. The van der Waals surface area contributed by atoms with Crippen LogP contribution >= 0.6 is 0 Å². The van der Waals surface area contributed by atoms with Gasteiger partial charge in [-0.2, -0.15) is 0 Å². The summed E-state index contributed by atoms with van der Waals surface area (Å²) in [5, 5.41) is 8.54. The van der Waals surface area contributed by atoms with Gasteiger partial charge in [-0.25, -0.2) is 4.21 Å². The second kappa shape index (κ2) is 17.1. The predicted octanol–water partition coefficient (Wildman–Crippen LogP) is 4.90. The first kappa shape index (κ1) is 23.3. The Hall–Kier alpha value is -0.720. The van der Waals surface area contributed by atoms with Crippen LogP contribution in [0.2, 0.25) is 0 Å². The lowest BCUT2D eigenvalue weighted by Crippen LogP contribution is -2.13. The molecule has 0 aliphatic carbocycles. The van der Waals surface area contributed by atoms with E-state index in [0.29, 0.717) is 6.42 Å². The molecule has 2 atom stereocenters. The van der Waals surface area contributed by atoms with Crippen LogP contribution in [-0.4, -0.2) is 25.9 Å². The highest BCUT2D eigenvalue weighted by Gasteiger charge is 2.07. The third-order valence-electron chi connectivity index (χ3n) is 3.92. The SMILES string of the molecule is CCCCCCC(CC=CCCCCCCCC(=O)O)OS(=O)[O-]. The van der Waals surface area contributed by atoms with Crippen LogP contribution < -0.4 is 0 Å². The van der Waals surface area contributed by atoms with Crippen LogP contribution in [0.15, 0.2) is 12.2 Å². The van der Waals surface area contributed by atoms with E-state index in [1.54, 1.807) is 0 Å². The third kappa shape index (κ3) is 17.6. The van der Waals surface area contributed by atoms with Gasteiger partial charge in [-0.3, -0.25) is 8.98 Å². The Morgan fingerprint density at radius 1 is 1.08 bits per heavy atom. The molecule has 5 nitrogen and oxygen atoms in total. The number of hydrogen-bond acceptors (Lipinski definition) is 4. The van der Waals surface area contributed by atoms with Gasteiger partial charge in [0.2, 0.25) is 0 Å². The first-order valence-corrected chi connectivity index (χ1v) is 10.2. The summed E-state index contributed by atoms with van der Waals surface area (Å²) in [7, 11) is 0. The number of hydrogen-bond donors (Lipinski definition) is 1. The highest BCUT2D eigenvalue weighted by Crippen LogP contribution is 2.14. The minimum atomic E-state index is -2.45. The van der Waals surface area contributed by atoms with E-state index in [0.717, 1.165) is 64.2 Å². The summed E-state index contributed by atoms with van der Waals surface area (Å²) in [6.45, 7) is 2.15. The van der Waals surface area contributed by atoms with Gasteiger partial charge < -0.3 is 9.66 Å². The summed E-state index contributed by atoms with van der Waals surface area (Å²) < 4.78 is 26.4. The molecule has 0 amide bonds. The van der Waals surface area contributed by atoms with Gasteiger partial charge in [-0.15, -0.1) is 0 Å². The van der Waals surface area contributed by atoms with Gasteiger partial charge in [0.25, 0.3) is 0 Å². The lowest BCUT2D eigenvalue weighted by Gasteiger charge is -2.17. The smallest absolute Gasteiger partial charge is 0.303 e. The van der Waals surface area contributed by atoms with Crippen LogP contribution in [0.1, 0.15) is 90.4 Å².